The SMILES string of the molecule is CCCCN1CC=CC=C1Pc1ccccn1. The van der Waals surface area contributed by atoms with E-state index < -0.39 is 0 Å². The Morgan fingerprint density at radius 3 is 3.12 bits per heavy atom. The number of allylic oxidation sites excluding steroid dienone is 2. The smallest absolute Gasteiger partial charge is 0.0660 e. The molecule has 90 valence electrons. The van der Waals surface area contributed by atoms with Crippen molar-refractivity contribution < 1.29 is 0 Å². The standard InChI is InChI=1S/C14H19N2P/c1-2-3-11-16-12-7-5-9-14(16)17-13-8-4-6-10-15-13/h4-10,17H,2-3,11-12H2,1H3. The maximum atomic E-state index is 4.41. The Labute approximate surface area is 105 Å². The molecule has 1 aromatic rings. The number of pyridine rings is 1. The van der Waals surface area contributed by atoms with Gasteiger partial charge in [0, 0.05) is 24.7 Å². The molecule has 0 saturated carbocycles. The van der Waals surface area contributed by atoms with Gasteiger partial charge in [0.25, 0.3) is 0 Å². The van der Waals surface area contributed by atoms with Crippen LogP contribution in [0.1, 0.15) is 19.8 Å². The second kappa shape index (κ2) is 6.56. The van der Waals surface area contributed by atoms with E-state index >= 15 is 0 Å². The van der Waals surface area contributed by atoms with Crippen LogP contribution >= 0.6 is 8.58 Å². The fourth-order valence-electron chi connectivity index (χ4n) is 1.80. The highest BCUT2D eigenvalue weighted by molar-refractivity contribution is 7.51. The van der Waals surface area contributed by atoms with E-state index in [2.05, 4.69) is 47.2 Å². The molecule has 1 aliphatic heterocycles. The van der Waals surface area contributed by atoms with Crippen LogP contribution in [0.15, 0.2) is 48.1 Å². The summed E-state index contributed by atoms with van der Waals surface area (Å²) in [5.74, 6) is 0. The maximum Gasteiger partial charge on any atom is 0.0660 e. The molecule has 0 N–H and O–H groups in total. The molecule has 17 heavy (non-hydrogen) atoms. The molecule has 1 atom stereocenters. The Hall–Kier alpha value is -1.14. The van der Waals surface area contributed by atoms with E-state index in [4.69, 9.17) is 0 Å². The van der Waals surface area contributed by atoms with E-state index in [9.17, 15) is 0 Å². The summed E-state index contributed by atoms with van der Waals surface area (Å²) in [5.41, 5.74) is 2.59. The van der Waals surface area contributed by atoms with Gasteiger partial charge in [-0.3, -0.25) is 4.98 Å². The number of aromatic nitrogens is 1. The third-order valence-electron chi connectivity index (χ3n) is 2.76. The quantitative estimate of drug-likeness (QED) is 0.743. The van der Waals surface area contributed by atoms with Crippen LogP contribution in [0, 0.1) is 0 Å². The van der Waals surface area contributed by atoms with Gasteiger partial charge in [0.15, 0.2) is 0 Å². The molecule has 1 unspecified atom stereocenters. The fraction of sp³-hybridized carbons (Fsp3) is 0.357. The highest BCUT2D eigenvalue weighted by atomic mass is 31.1. The van der Waals surface area contributed by atoms with Gasteiger partial charge in [-0.25, -0.2) is 0 Å². The van der Waals surface area contributed by atoms with Crippen LogP contribution in [-0.4, -0.2) is 23.0 Å². The summed E-state index contributed by atoms with van der Waals surface area (Å²) in [7, 11) is 0.670. The molecule has 0 amide bonds. The van der Waals surface area contributed by atoms with Crippen LogP contribution in [-0.2, 0) is 0 Å². The average Bonchev–Trinajstić information content (AvgIpc) is 2.39. The number of rotatable bonds is 5. The van der Waals surface area contributed by atoms with Gasteiger partial charge in [0.05, 0.1) is 5.44 Å². The number of nitrogens with zero attached hydrogens (tertiary/aromatic N) is 2. The number of hydrogen-bond donors (Lipinski definition) is 0. The summed E-state index contributed by atoms with van der Waals surface area (Å²) in [6, 6.07) is 6.14. The van der Waals surface area contributed by atoms with Gasteiger partial charge in [-0.1, -0.05) is 31.6 Å². The molecular weight excluding hydrogens is 227 g/mol. The van der Waals surface area contributed by atoms with E-state index in [1.807, 2.05) is 12.3 Å². The van der Waals surface area contributed by atoms with Crippen LogP contribution in [0.5, 0.6) is 0 Å². The number of hydrogen-bond acceptors (Lipinski definition) is 2. The first kappa shape index (κ1) is 12.3. The van der Waals surface area contributed by atoms with Crippen molar-refractivity contribution in [3.8, 4) is 0 Å². The summed E-state index contributed by atoms with van der Waals surface area (Å²) in [6.07, 6.45) is 11.0. The molecule has 0 fully saturated rings. The Kier molecular flexibility index (Phi) is 4.75. The van der Waals surface area contributed by atoms with Crippen LogP contribution in [0.4, 0.5) is 0 Å². The first-order chi connectivity index (χ1) is 8.40. The summed E-state index contributed by atoms with van der Waals surface area (Å²) >= 11 is 0. The number of unbranched alkanes of at least 4 members (excludes halogenated alkanes) is 1. The molecule has 0 spiro atoms. The maximum absolute atomic E-state index is 4.41. The Bertz CT molecular complexity index is 398. The lowest BCUT2D eigenvalue weighted by Crippen LogP contribution is -2.25. The lowest BCUT2D eigenvalue weighted by molar-refractivity contribution is 0.391. The van der Waals surface area contributed by atoms with E-state index in [0.717, 1.165) is 13.1 Å². The van der Waals surface area contributed by atoms with Gasteiger partial charge in [-0.05, 0) is 33.2 Å². The van der Waals surface area contributed by atoms with Crippen molar-refractivity contribution >= 4 is 14.0 Å². The van der Waals surface area contributed by atoms with Gasteiger partial charge in [0.2, 0.25) is 0 Å². The lowest BCUT2D eigenvalue weighted by atomic mass is 10.3. The highest BCUT2D eigenvalue weighted by Crippen LogP contribution is 2.28. The van der Waals surface area contributed by atoms with Gasteiger partial charge in [-0.15, -0.1) is 0 Å². The van der Waals surface area contributed by atoms with Crippen LogP contribution in [0.25, 0.3) is 0 Å². The molecule has 1 aromatic heterocycles. The third kappa shape index (κ3) is 3.67. The molecule has 0 aromatic carbocycles. The molecule has 2 rings (SSSR count). The zero-order valence-corrected chi connectivity index (χ0v) is 11.3. The molecular formula is C14H19N2P. The molecule has 0 saturated heterocycles. The summed E-state index contributed by atoms with van der Waals surface area (Å²) < 4.78 is 0. The first-order valence-electron chi connectivity index (χ1n) is 6.20. The minimum absolute atomic E-state index is 0.670. The minimum Gasteiger partial charge on any atom is -0.367 e. The van der Waals surface area contributed by atoms with E-state index in [-0.39, 0.29) is 0 Å². The Morgan fingerprint density at radius 2 is 2.35 bits per heavy atom. The minimum atomic E-state index is 0.670. The largest absolute Gasteiger partial charge is 0.367 e. The summed E-state index contributed by atoms with van der Waals surface area (Å²) in [5, 5.41) is 0. The molecule has 2 nitrogen and oxygen atoms in total. The summed E-state index contributed by atoms with van der Waals surface area (Å²) in [4.78, 5) is 6.88. The monoisotopic (exact) mass is 246 g/mol. The van der Waals surface area contributed by atoms with Crippen molar-refractivity contribution in [3.63, 3.8) is 0 Å². The van der Waals surface area contributed by atoms with Crippen molar-refractivity contribution in [1.29, 1.82) is 0 Å². The van der Waals surface area contributed by atoms with E-state index in [1.54, 1.807) is 0 Å². The zero-order valence-electron chi connectivity index (χ0n) is 10.3. The first-order valence-corrected chi connectivity index (χ1v) is 7.20. The van der Waals surface area contributed by atoms with Crippen LogP contribution in [0.2, 0.25) is 0 Å². The van der Waals surface area contributed by atoms with Crippen molar-refractivity contribution in [1.82, 2.24) is 9.88 Å². The van der Waals surface area contributed by atoms with Crippen molar-refractivity contribution in [2.75, 3.05) is 13.1 Å². The molecule has 2 heterocycles. The third-order valence-corrected chi connectivity index (χ3v) is 4.05. The van der Waals surface area contributed by atoms with Crippen LogP contribution in [0.3, 0.4) is 0 Å². The van der Waals surface area contributed by atoms with Crippen molar-refractivity contribution in [2.24, 2.45) is 0 Å². The van der Waals surface area contributed by atoms with Crippen molar-refractivity contribution in [2.45, 2.75) is 19.8 Å². The topological polar surface area (TPSA) is 16.1 Å². The van der Waals surface area contributed by atoms with E-state index in [1.165, 1.54) is 23.7 Å². The normalized spacial score (nSPS) is 15.6. The molecule has 0 aliphatic carbocycles. The van der Waals surface area contributed by atoms with Gasteiger partial charge < -0.3 is 4.90 Å². The second-order valence-corrected chi connectivity index (χ2v) is 5.39. The molecule has 0 bridgehead atoms. The second-order valence-electron chi connectivity index (χ2n) is 4.12. The fourth-order valence-corrected chi connectivity index (χ4v) is 2.92. The molecule has 3 heteroatoms. The van der Waals surface area contributed by atoms with Crippen LogP contribution < -0.4 is 5.44 Å². The highest BCUT2D eigenvalue weighted by Gasteiger charge is 2.10. The Balaban J connectivity index is 2.01. The summed E-state index contributed by atoms with van der Waals surface area (Å²) in [6.45, 7) is 4.45. The Morgan fingerprint density at radius 1 is 1.41 bits per heavy atom. The van der Waals surface area contributed by atoms with E-state index in [0.29, 0.717) is 8.58 Å². The van der Waals surface area contributed by atoms with Gasteiger partial charge in [-0.2, -0.15) is 0 Å². The van der Waals surface area contributed by atoms with Crippen molar-refractivity contribution in [3.05, 3.63) is 48.1 Å². The van der Waals surface area contributed by atoms with Gasteiger partial charge >= 0.3 is 0 Å². The molecule has 0 radical (unpaired) electrons. The lowest BCUT2D eigenvalue weighted by Gasteiger charge is -2.28. The predicted octanol–water partition coefficient (Wildman–Crippen LogP) is 2.90. The molecule has 1 aliphatic rings. The predicted molar refractivity (Wildman–Crippen MR) is 75.9 cm³/mol. The van der Waals surface area contributed by atoms with Gasteiger partial charge in [0.1, 0.15) is 0 Å². The average molecular weight is 246 g/mol. The zero-order chi connectivity index (χ0) is 11.9.